The molecule has 0 spiro atoms. The number of aryl methyl sites for hydroxylation is 1. The molecule has 98 valence electrons. The first-order valence-corrected chi connectivity index (χ1v) is 6.61. The molecule has 0 amide bonds. The fourth-order valence-electron chi connectivity index (χ4n) is 2.57. The van der Waals surface area contributed by atoms with E-state index in [1.165, 1.54) is 16.3 Å². The van der Waals surface area contributed by atoms with Gasteiger partial charge in [-0.25, -0.2) is 0 Å². The van der Waals surface area contributed by atoms with Crippen LogP contribution in [0.4, 0.5) is 0 Å². The summed E-state index contributed by atoms with van der Waals surface area (Å²) < 4.78 is 0. The van der Waals surface area contributed by atoms with Crippen LogP contribution in [0.1, 0.15) is 5.56 Å². The van der Waals surface area contributed by atoms with Gasteiger partial charge in [0.2, 0.25) is 0 Å². The Morgan fingerprint density at radius 1 is 0.800 bits per heavy atom. The zero-order valence-electron chi connectivity index (χ0n) is 11.2. The molecule has 0 aliphatic rings. The summed E-state index contributed by atoms with van der Waals surface area (Å²) in [5, 5.41) is 21.0. The molecule has 3 heteroatoms. The van der Waals surface area contributed by atoms with Gasteiger partial charge in [-0.2, -0.15) is 0 Å². The smallest absolute Gasteiger partial charge is 0.423 e. The summed E-state index contributed by atoms with van der Waals surface area (Å²) in [4.78, 5) is 0. The van der Waals surface area contributed by atoms with Crippen molar-refractivity contribution in [1.82, 2.24) is 0 Å². The van der Waals surface area contributed by atoms with Gasteiger partial charge >= 0.3 is 7.12 Å². The molecule has 0 heterocycles. The van der Waals surface area contributed by atoms with Crippen LogP contribution in [-0.2, 0) is 0 Å². The van der Waals surface area contributed by atoms with E-state index in [2.05, 4.69) is 31.2 Å². The fourth-order valence-corrected chi connectivity index (χ4v) is 2.57. The van der Waals surface area contributed by atoms with Crippen molar-refractivity contribution >= 4 is 23.4 Å². The van der Waals surface area contributed by atoms with Crippen molar-refractivity contribution in [2.75, 3.05) is 0 Å². The Hall–Kier alpha value is -2.10. The molecule has 2 nitrogen and oxygen atoms in total. The summed E-state index contributed by atoms with van der Waals surface area (Å²) in [5.41, 5.74) is 3.84. The molecule has 3 rings (SSSR count). The maximum Gasteiger partial charge on any atom is 0.488 e. The lowest BCUT2D eigenvalue weighted by Gasteiger charge is -2.10. The van der Waals surface area contributed by atoms with Crippen LogP contribution in [0, 0.1) is 6.92 Å². The van der Waals surface area contributed by atoms with Crippen molar-refractivity contribution in [2.24, 2.45) is 0 Å². The van der Waals surface area contributed by atoms with Crippen molar-refractivity contribution in [3.63, 3.8) is 0 Å². The SMILES string of the molecule is Cc1ccc(-c2cccc(B(O)O)c2)c2ccccc12. The molecule has 0 aliphatic carbocycles. The molecule has 0 aromatic heterocycles. The maximum absolute atomic E-state index is 9.31. The third-order valence-corrected chi connectivity index (χ3v) is 3.64. The highest BCUT2D eigenvalue weighted by Crippen LogP contribution is 2.30. The topological polar surface area (TPSA) is 40.5 Å². The van der Waals surface area contributed by atoms with E-state index in [0.29, 0.717) is 5.46 Å². The minimum atomic E-state index is -1.44. The van der Waals surface area contributed by atoms with Gasteiger partial charge < -0.3 is 10.0 Å². The van der Waals surface area contributed by atoms with Gasteiger partial charge in [0.05, 0.1) is 0 Å². The summed E-state index contributed by atoms with van der Waals surface area (Å²) in [6.07, 6.45) is 0. The molecule has 0 atom stereocenters. The summed E-state index contributed by atoms with van der Waals surface area (Å²) in [7, 11) is -1.44. The maximum atomic E-state index is 9.31. The summed E-state index contributed by atoms with van der Waals surface area (Å²) >= 11 is 0. The molecule has 2 N–H and O–H groups in total. The summed E-state index contributed by atoms with van der Waals surface area (Å²) in [5.74, 6) is 0. The fraction of sp³-hybridized carbons (Fsp3) is 0.0588. The van der Waals surface area contributed by atoms with Crippen LogP contribution < -0.4 is 5.46 Å². The van der Waals surface area contributed by atoms with Gasteiger partial charge in [-0.15, -0.1) is 0 Å². The molecule has 0 saturated heterocycles. The third-order valence-electron chi connectivity index (χ3n) is 3.64. The second-order valence-corrected chi connectivity index (χ2v) is 4.97. The minimum Gasteiger partial charge on any atom is -0.423 e. The highest BCUT2D eigenvalue weighted by atomic mass is 16.4. The number of hydrogen-bond acceptors (Lipinski definition) is 2. The van der Waals surface area contributed by atoms with E-state index in [4.69, 9.17) is 0 Å². The lowest BCUT2D eigenvalue weighted by molar-refractivity contribution is 0.426. The van der Waals surface area contributed by atoms with Crippen LogP contribution in [-0.4, -0.2) is 17.2 Å². The van der Waals surface area contributed by atoms with Gasteiger partial charge in [-0.3, -0.25) is 0 Å². The molecule has 3 aromatic rings. The summed E-state index contributed by atoms with van der Waals surface area (Å²) in [6.45, 7) is 2.10. The second kappa shape index (κ2) is 5.12. The third kappa shape index (κ3) is 2.22. The van der Waals surface area contributed by atoms with Crippen LogP contribution in [0.15, 0.2) is 60.7 Å². The molecular weight excluding hydrogens is 247 g/mol. The first kappa shape index (κ1) is 12.9. The van der Waals surface area contributed by atoms with Gasteiger partial charge in [-0.05, 0) is 39.8 Å². The van der Waals surface area contributed by atoms with E-state index in [0.717, 1.165) is 11.1 Å². The van der Waals surface area contributed by atoms with Crippen LogP contribution in [0.3, 0.4) is 0 Å². The van der Waals surface area contributed by atoms with Crippen LogP contribution in [0.2, 0.25) is 0 Å². The van der Waals surface area contributed by atoms with E-state index >= 15 is 0 Å². The van der Waals surface area contributed by atoms with Crippen molar-refractivity contribution in [1.29, 1.82) is 0 Å². The lowest BCUT2D eigenvalue weighted by Crippen LogP contribution is -2.29. The first-order valence-electron chi connectivity index (χ1n) is 6.61. The predicted molar refractivity (Wildman–Crippen MR) is 83.9 cm³/mol. The molecule has 0 saturated carbocycles. The highest BCUT2D eigenvalue weighted by Gasteiger charge is 2.12. The second-order valence-electron chi connectivity index (χ2n) is 4.97. The van der Waals surface area contributed by atoms with E-state index in [1.807, 2.05) is 30.3 Å². The van der Waals surface area contributed by atoms with E-state index in [1.54, 1.807) is 6.07 Å². The predicted octanol–water partition coefficient (Wildman–Crippen LogP) is 2.50. The van der Waals surface area contributed by atoms with Crippen molar-refractivity contribution in [3.8, 4) is 11.1 Å². The van der Waals surface area contributed by atoms with Gasteiger partial charge in [0.1, 0.15) is 0 Å². The highest BCUT2D eigenvalue weighted by molar-refractivity contribution is 6.58. The zero-order chi connectivity index (χ0) is 14.1. The number of benzene rings is 3. The van der Waals surface area contributed by atoms with Crippen LogP contribution in [0.25, 0.3) is 21.9 Å². The normalized spacial score (nSPS) is 10.8. The van der Waals surface area contributed by atoms with E-state index in [-0.39, 0.29) is 0 Å². The van der Waals surface area contributed by atoms with Crippen molar-refractivity contribution < 1.29 is 10.0 Å². The number of rotatable bonds is 2. The molecule has 3 aromatic carbocycles. The average molecular weight is 262 g/mol. The quantitative estimate of drug-likeness (QED) is 0.696. The molecule has 0 bridgehead atoms. The first-order chi connectivity index (χ1) is 9.66. The van der Waals surface area contributed by atoms with Gasteiger partial charge in [0.15, 0.2) is 0 Å². The number of hydrogen-bond donors (Lipinski definition) is 2. The van der Waals surface area contributed by atoms with E-state index in [9.17, 15) is 10.0 Å². The zero-order valence-corrected chi connectivity index (χ0v) is 11.2. The van der Waals surface area contributed by atoms with Crippen LogP contribution >= 0.6 is 0 Å². The minimum absolute atomic E-state index is 0.507. The van der Waals surface area contributed by atoms with Gasteiger partial charge in [0, 0.05) is 0 Å². The molecule has 0 unspecified atom stereocenters. The molecule has 0 fully saturated rings. The molecule has 20 heavy (non-hydrogen) atoms. The Kier molecular flexibility index (Phi) is 3.31. The van der Waals surface area contributed by atoms with Gasteiger partial charge in [-0.1, -0.05) is 60.7 Å². The Balaban J connectivity index is 2.25. The van der Waals surface area contributed by atoms with Gasteiger partial charge in [0.25, 0.3) is 0 Å². The molecular formula is C17H15BO2. The van der Waals surface area contributed by atoms with Crippen molar-refractivity contribution in [2.45, 2.75) is 6.92 Å². The molecule has 0 radical (unpaired) electrons. The van der Waals surface area contributed by atoms with Crippen molar-refractivity contribution in [3.05, 3.63) is 66.2 Å². The Morgan fingerprint density at radius 3 is 2.30 bits per heavy atom. The standard InChI is InChI=1S/C17H15BO2/c1-12-9-10-16(17-8-3-2-7-15(12)17)13-5-4-6-14(11-13)18(19)20/h2-11,19-20H,1H3. The Morgan fingerprint density at radius 2 is 1.55 bits per heavy atom. The van der Waals surface area contributed by atoms with E-state index < -0.39 is 7.12 Å². The van der Waals surface area contributed by atoms with Crippen LogP contribution in [0.5, 0.6) is 0 Å². The largest absolute Gasteiger partial charge is 0.488 e. The number of fused-ring (bicyclic) bond motifs is 1. The summed E-state index contributed by atoms with van der Waals surface area (Å²) in [6, 6.07) is 19.8. The Bertz CT molecular complexity index is 766. The average Bonchev–Trinajstić information content (AvgIpc) is 2.48. The molecule has 0 aliphatic heterocycles. The lowest BCUT2D eigenvalue weighted by atomic mass is 9.79. The Labute approximate surface area is 118 Å². The monoisotopic (exact) mass is 262 g/mol.